The Bertz CT molecular complexity index is 1090. The van der Waals surface area contributed by atoms with Gasteiger partial charge in [-0.25, -0.2) is 0 Å². The minimum absolute atomic E-state index is 0.0835. The van der Waals surface area contributed by atoms with Crippen molar-refractivity contribution in [3.63, 3.8) is 0 Å². The Kier molecular flexibility index (Phi) is 3.55. The lowest BCUT2D eigenvalue weighted by molar-refractivity contribution is -0.255. The van der Waals surface area contributed by atoms with Gasteiger partial charge in [-0.3, -0.25) is 14.8 Å². The maximum Gasteiger partial charge on any atom is 0.200 e. The van der Waals surface area contributed by atoms with E-state index in [-0.39, 0.29) is 5.56 Å². The summed E-state index contributed by atoms with van der Waals surface area (Å²) in [7, 11) is 0. The molecule has 25 heavy (non-hydrogen) atoms. The second-order valence-electron chi connectivity index (χ2n) is 5.17. The van der Waals surface area contributed by atoms with Crippen molar-refractivity contribution in [2.24, 2.45) is 0 Å². The number of carboxylic acid groups (broad SMARTS) is 1. The summed E-state index contributed by atoms with van der Waals surface area (Å²) in [6.45, 7) is 0. The summed E-state index contributed by atoms with van der Waals surface area (Å²) in [6, 6.07) is 11.5. The molecule has 4 rings (SSSR count). The van der Waals surface area contributed by atoms with Crippen LogP contribution in [0.15, 0.2) is 53.1 Å². The third kappa shape index (κ3) is 2.66. The number of benzene rings is 1. The minimum atomic E-state index is -1.24. The summed E-state index contributed by atoms with van der Waals surface area (Å²) in [6.07, 6.45) is 1.57. The number of hydrogen-bond donors (Lipinski definition) is 2. The molecule has 0 aliphatic heterocycles. The lowest BCUT2D eigenvalue weighted by atomic mass is 10.2. The first kappa shape index (κ1) is 15.1. The predicted octanol–water partition coefficient (Wildman–Crippen LogP) is 1.94. The van der Waals surface area contributed by atoms with Gasteiger partial charge in [0, 0.05) is 0 Å². The summed E-state index contributed by atoms with van der Waals surface area (Å²) >= 11 is 5.29. The lowest BCUT2D eigenvalue weighted by Gasteiger charge is -2.07. The molecular weight excluding hydrogens is 342 g/mol. The topological polar surface area (TPSA) is 116 Å². The van der Waals surface area contributed by atoms with Gasteiger partial charge in [0.25, 0.3) is 0 Å². The number of carbonyl (C=O) groups excluding carboxylic acids is 1. The molecule has 0 bridgehead atoms. The second kappa shape index (κ2) is 5.87. The fourth-order valence-corrected chi connectivity index (χ4v) is 2.69. The Labute approximate surface area is 145 Å². The van der Waals surface area contributed by atoms with Crippen molar-refractivity contribution >= 4 is 18.2 Å². The van der Waals surface area contributed by atoms with E-state index in [1.165, 1.54) is 12.1 Å². The molecule has 0 spiro atoms. The SMILES string of the molecule is O=C([O-])c1ccc(-n2c(-c3cc(-c4ccco4)[nH]n3)n[nH]c2=S)cc1. The number of carbonyl (C=O) groups is 1. The average Bonchev–Trinajstić information content (AvgIpc) is 3.35. The first-order valence-electron chi connectivity index (χ1n) is 7.22. The number of aromatic carboxylic acids is 1. The summed E-state index contributed by atoms with van der Waals surface area (Å²) in [5, 5.41) is 25.0. The molecule has 3 heterocycles. The maximum absolute atomic E-state index is 10.9. The van der Waals surface area contributed by atoms with Crippen LogP contribution in [0.25, 0.3) is 28.7 Å². The van der Waals surface area contributed by atoms with Crippen molar-refractivity contribution in [2.75, 3.05) is 0 Å². The largest absolute Gasteiger partial charge is 0.545 e. The molecule has 3 aromatic heterocycles. The van der Waals surface area contributed by atoms with Gasteiger partial charge in [-0.05, 0) is 48.1 Å². The van der Waals surface area contributed by atoms with Gasteiger partial charge in [0.15, 0.2) is 16.4 Å². The van der Waals surface area contributed by atoms with E-state index in [1.807, 2.05) is 6.07 Å². The molecule has 4 aromatic rings. The van der Waals surface area contributed by atoms with Crippen molar-refractivity contribution in [1.29, 1.82) is 0 Å². The molecule has 0 saturated carbocycles. The molecule has 0 unspecified atom stereocenters. The lowest BCUT2D eigenvalue weighted by Crippen LogP contribution is -2.22. The third-order valence-corrected chi connectivity index (χ3v) is 3.90. The number of nitrogens with zero attached hydrogens (tertiary/aromatic N) is 3. The number of furan rings is 1. The zero-order valence-electron chi connectivity index (χ0n) is 12.6. The van der Waals surface area contributed by atoms with Gasteiger partial charge in [0.05, 0.1) is 17.9 Å². The summed E-state index contributed by atoms with van der Waals surface area (Å²) < 4.78 is 7.36. The number of hydrogen-bond acceptors (Lipinski definition) is 6. The first-order chi connectivity index (χ1) is 12.1. The Morgan fingerprint density at radius 1 is 1.16 bits per heavy atom. The van der Waals surface area contributed by atoms with Gasteiger partial charge in [-0.15, -0.1) is 0 Å². The van der Waals surface area contributed by atoms with Crippen LogP contribution < -0.4 is 5.11 Å². The Balaban J connectivity index is 1.78. The maximum atomic E-state index is 10.9. The Hall–Kier alpha value is -3.46. The molecule has 124 valence electrons. The van der Waals surface area contributed by atoms with Gasteiger partial charge in [-0.1, -0.05) is 12.1 Å². The number of aromatic nitrogens is 5. The van der Waals surface area contributed by atoms with E-state index < -0.39 is 5.97 Å². The fraction of sp³-hybridized carbons (Fsp3) is 0. The number of H-pyrrole nitrogens is 2. The normalized spacial score (nSPS) is 10.9. The van der Waals surface area contributed by atoms with Crippen molar-refractivity contribution in [2.45, 2.75) is 0 Å². The minimum Gasteiger partial charge on any atom is -0.545 e. The second-order valence-corrected chi connectivity index (χ2v) is 5.55. The van der Waals surface area contributed by atoms with E-state index in [2.05, 4.69) is 20.4 Å². The molecular formula is C16H10N5O3S-. The average molecular weight is 352 g/mol. The van der Waals surface area contributed by atoms with Crippen LogP contribution in [0.5, 0.6) is 0 Å². The van der Waals surface area contributed by atoms with E-state index in [0.717, 1.165) is 0 Å². The highest BCUT2D eigenvalue weighted by molar-refractivity contribution is 7.71. The summed E-state index contributed by atoms with van der Waals surface area (Å²) in [4.78, 5) is 10.9. The molecule has 0 aliphatic carbocycles. The van der Waals surface area contributed by atoms with Crippen molar-refractivity contribution in [1.82, 2.24) is 25.0 Å². The fourth-order valence-electron chi connectivity index (χ4n) is 2.45. The van der Waals surface area contributed by atoms with Gasteiger partial charge < -0.3 is 14.3 Å². The molecule has 9 heteroatoms. The molecule has 0 saturated heterocycles. The highest BCUT2D eigenvalue weighted by Crippen LogP contribution is 2.25. The molecule has 0 radical (unpaired) electrons. The van der Waals surface area contributed by atoms with Crippen LogP contribution in [-0.4, -0.2) is 30.9 Å². The van der Waals surface area contributed by atoms with Crippen LogP contribution in [0.2, 0.25) is 0 Å². The summed E-state index contributed by atoms with van der Waals surface area (Å²) in [5.41, 5.74) is 2.00. The zero-order chi connectivity index (χ0) is 17.4. The molecule has 0 fully saturated rings. The van der Waals surface area contributed by atoms with Crippen molar-refractivity contribution in [3.05, 3.63) is 59.1 Å². The van der Waals surface area contributed by atoms with Crippen LogP contribution in [0.3, 0.4) is 0 Å². The van der Waals surface area contributed by atoms with Gasteiger partial charge in [0.1, 0.15) is 11.4 Å². The van der Waals surface area contributed by atoms with Crippen LogP contribution >= 0.6 is 12.2 Å². The monoisotopic (exact) mass is 352 g/mol. The van der Waals surface area contributed by atoms with Gasteiger partial charge in [0.2, 0.25) is 0 Å². The van der Waals surface area contributed by atoms with E-state index in [9.17, 15) is 9.90 Å². The van der Waals surface area contributed by atoms with E-state index >= 15 is 0 Å². The molecule has 2 N–H and O–H groups in total. The summed E-state index contributed by atoms with van der Waals surface area (Å²) in [5.74, 6) is -0.101. The molecule has 1 aromatic carbocycles. The molecule has 0 amide bonds. The quantitative estimate of drug-likeness (QED) is 0.542. The Morgan fingerprint density at radius 3 is 2.64 bits per heavy atom. The van der Waals surface area contributed by atoms with E-state index in [4.69, 9.17) is 16.6 Å². The van der Waals surface area contributed by atoms with E-state index in [0.29, 0.717) is 33.4 Å². The molecule has 8 nitrogen and oxygen atoms in total. The number of nitrogens with one attached hydrogen (secondary N) is 2. The zero-order valence-corrected chi connectivity index (χ0v) is 13.4. The number of rotatable bonds is 4. The van der Waals surface area contributed by atoms with Crippen LogP contribution in [0, 0.1) is 4.77 Å². The van der Waals surface area contributed by atoms with Crippen LogP contribution in [-0.2, 0) is 0 Å². The third-order valence-electron chi connectivity index (χ3n) is 3.63. The van der Waals surface area contributed by atoms with Gasteiger partial charge in [-0.2, -0.15) is 10.2 Å². The standard InChI is InChI=1S/C16H11N5O3S/c22-15(23)9-3-5-10(6-4-9)21-14(19-20-16(21)25)12-8-11(17-18-12)13-2-1-7-24-13/h1-8H,(H,17,18)(H,20,25)(H,22,23)/p-1. The van der Waals surface area contributed by atoms with Crippen molar-refractivity contribution < 1.29 is 14.3 Å². The highest BCUT2D eigenvalue weighted by Gasteiger charge is 2.15. The highest BCUT2D eigenvalue weighted by atomic mass is 32.1. The van der Waals surface area contributed by atoms with Crippen molar-refractivity contribution in [3.8, 4) is 28.7 Å². The predicted molar refractivity (Wildman–Crippen MR) is 88.4 cm³/mol. The van der Waals surface area contributed by atoms with Crippen LogP contribution in [0.4, 0.5) is 0 Å². The molecule has 0 aliphatic rings. The Morgan fingerprint density at radius 2 is 1.96 bits per heavy atom. The van der Waals surface area contributed by atoms with E-state index in [1.54, 1.807) is 35.1 Å². The smallest absolute Gasteiger partial charge is 0.200 e. The number of aromatic amines is 2. The number of carboxylic acids is 1. The molecule has 0 atom stereocenters. The van der Waals surface area contributed by atoms with Crippen LogP contribution in [0.1, 0.15) is 10.4 Å². The first-order valence-corrected chi connectivity index (χ1v) is 7.63. The van der Waals surface area contributed by atoms with Gasteiger partial charge >= 0.3 is 0 Å².